The van der Waals surface area contributed by atoms with Crippen LogP contribution in [0.25, 0.3) is 0 Å². The molecule has 0 atom stereocenters. The van der Waals surface area contributed by atoms with E-state index < -0.39 is 10.2 Å². The summed E-state index contributed by atoms with van der Waals surface area (Å²) in [4.78, 5) is 26.2. The number of hydrogen-bond acceptors (Lipinski definition) is 7. The first kappa shape index (κ1) is 16.3. The first-order valence-electron chi connectivity index (χ1n) is 6.81. The van der Waals surface area contributed by atoms with Gasteiger partial charge in [0.25, 0.3) is 0 Å². The van der Waals surface area contributed by atoms with Crippen molar-refractivity contribution in [2.75, 3.05) is 0 Å². The van der Waals surface area contributed by atoms with Crippen LogP contribution in [0.3, 0.4) is 0 Å². The molecule has 0 aliphatic carbocycles. The van der Waals surface area contributed by atoms with Gasteiger partial charge in [0.15, 0.2) is 0 Å². The monoisotopic (exact) mass is 360 g/mol. The Kier molecular flexibility index (Phi) is 4.52. The Morgan fingerprint density at radius 3 is 1.36 bits per heavy atom. The van der Waals surface area contributed by atoms with Gasteiger partial charge in [0.2, 0.25) is 0 Å². The van der Waals surface area contributed by atoms with Gasteiger partial charge in [-0.05, 0) is 0 Å². The summed E-state index contributed by atoms with van der Waals surface area (Å²) in [6, 6.07) is -0.190. The average molecular weight is 360 g/mol. The summed E-state index contributed by atoms with van der Waals surface area (Å²) >= 11 is 0. The molecular formula is C13H12N8O3S. The van der Waals surface area contributed by atoms with E-state index >= 15 is 0 Å². The maximum Gasteiger partial charge on any atom is 0.338 e. The quantitative estimate of drug-likeness (QED) is 0.504. The first-order valence-corrected chi connectivity index (χ1v) is 8.21. The summed E-state index contributed by atoms with van der Waals surface area (Å²) in [6.07, 6.45) is 17.1. The zero-order chi connectivity index (χ0) is 17.7. The minimum absolute atomic E-state index is 0.190. The predicted molar refractivity (Wildman–Crippen MR) is 84.8 cm³/mol. The third kappa shape index (κ3) is 3.53. The Morgan fingerprint density at radius 1 is 0.640 bits per heavy atom. The number of nitrogens with zero attached hydrogens (tertiary/aromatic N) is 8. The van der Waals surface area contributed by atoms with Crippen molar-refractivity contribution >= 4 is 16.2 Å². The van der Waals surface area contributed by atoms with E-state index in [1.807, 2.05) is 0 Å². The second-order valence-corrected chi connectivity index (χ2v) is 6.25. The Hall–Kier alpha value is -3.54. The van der Waals surface area contributed by atoms with Crippen LogP contribution in [0.5, 0.6) is 0 Å². The fourth-order valence-electron chi connectivity index (χ4n) is 1.75. The molecule has 4 aromatic heterocycles. The molecular weight excluding hydrogens is 348 g/mol. The van der Waals surface area contributed by atoms with Gasteiger partial charge >= 0.3 is 16.2 Å². The Morgan fingerprint density at radius 2 is 1.04 bits per heavy atom. The van der Waals surface area contributed by atoms with Crippen molar-refractivity contribution in [2.24, 2.45) is 0 Å². The number of aromatic nitrogens is 8. The Bertz CT molecular complexity index is 927. The van der Waals surface area contributed by atoms with Crippen molar-refractivity contribution in [1.29, 1.82) is 0 Å². The van der Waals surface area contributed by atoms with Crippen LogP contribution in [-0.2, 0) is 10.2 Å². The van der Waals surface area contributed by atoms with Crippen molar-refractivity contribution in [3.05, 3.63) is 74.9 Å². The lowest BCUT2D eigenvalue weighted by Crippen LogP contribution is -2.18. The lowest BCUT2D eigenvalue weighted by Gasteiger charge is -2.03. The van der Waals surface area contributed by atoms with Crippen LogP contribution in [-0.4, -0.2) is 51.5 Å². The van der Waals surface area contributed by atoms with Gasteiger partial charge in [-0.1, -0.05) is 0 Å². The van der Waals surface area contributed by atoms with Crippen LogP contribution in [0.2, 0.25) is 0 Å². The molecule has 128 valence electrons. The molecule has 0 N–H and O–H groups in total. The van der Waals surface area contributed by atoms with Crippen LogP contribution >= 0.6 is 0 Å². The highest BCUT2D eigenvalue weighted by molar-refractivity contribution is 7.88. The van der Waals surface area contributed by atoms with Crippen molar-refractivity contribution in [1.82, 2.24) is 37.0 Å². The average Bonchev–Trinajstić information content (AvgIpc) is 3.45. The molecule has 0 radical (unpaired) electrons. The molecule has 12 heteroatoms. The van der Waals surface area contributed by atoms with Crippen molar-refractivity contribution < 1.29 is 13.2 Å². The molecule has 0 amide bonds. The lowest BCUT2D eigenvalue weighted by atomic mass is 10.8. The molecule has 0 bridgehead atoms. The smallest absolute Gasteiger partial charge is 0.257 e. The highest BCUT2D eigenvalue weighted by atomic mass is 32.2. The molecule has 4 aromatic rings. The largest absolute Gasteiger partial charge is 0.338 e. The van der Waals surface area contributed by atoms with Gasteiger partial charge in [0.05, 0.1) is 0 Å². The van der Waals surface area contributed by atoms with Gasteiger partial charge in [-0.15, -0.1) is 0 Å². The van der Waals surface area contributed by atoms with E-state index in [0.29, 0.717) is 0 Å². The van der Waals surface area contributed by atoms with Crippen molar-refractivity contribution in [2.45, 2.75) is 0 Å². The predicted octanol–water partition coefficient (Wildman–Crippen LogP) is 0.317. The highest BCUT2D eigenvalue weighted by Crippen LogP contribution is 2.00. The highest BCUT2D eigenvalue weighted by Gasteiger charge is 2.13. The SMILES string of the molecule is O=C(n1ccnc1)n1ccnc1.O=S(=O)(n1ccnc1)n1ccnc1. The van der Waals surface area contributed by atoms with E-state index in [4.69, 9.17) is 0 Å². The molecule has 0 fully saturated rings. The molecule has 0 saturated heterocycles. The van der Waals surface area contributed by atoms with E-state index in [9.17, 15) is 13.2 Å². The minimum Gasteiger partial charge on any atom is -0.257 e. The molecule has 25 heavy (non-hydrogen) atoms. The zero-order valence-corrected chi connectivity index (χ0v) is 13.5. The van der Waals surface area contributed by atoms with Crippen LogP contribution in [0.1, 0.15) is 0 Å². The maximum atomic E-state index is 11.6. The summed E-state index contributed by atoms with van der Waals surface area (Å²) < 4.78 is 28.0. The van der Waals surface area contributed by atoms with Crippen LogP contribution in [0.15, 0.2) is 74.9 Å². The van der Waals surface area contributed by atoms with Gasteiger partial charge in [0.1, 0.15) is 25.3 Å². The van der Waals surface area contributed by atoms with Gasteiger partial charge in [-0.25, -0.2) is 32.7 Å². The normalized spacial score (nSPS) is 10.9. The van der Waals surface area contributed by atoms with E-state index in [0.717, 1.165) is 7.94 Å². The molecule has 0 unspecified atom stereocenters. The van der Waals surface area contributed by atoms with Crippen molar-refractivity contribution in [3.63, 3.8) is 0 Å². The topological polar surface area (TPSA) is 122 Å². The van der Waals surface area contributed by atoms with Crippen LogP contribution in [0, 0.1) is 0 Å². The molecule has 4 heterocycles. The number of rotatable bonds is 2. The van der Waals surface area contributed by atoms with Gasteiger partial charge in [-0.3, -0.25) is 9.13 Å². The molecule has 0 spiro atoms. The fraction of sp³-hybridized carbons (Fsp3) is 0. The summed E-state index contributed by atoms with van der Waals surface area (Å²) in [5, 5.41) is 0. The van der Waals surface area contributed by atoms with E-state index in [2.05, 4.69) is 19.9 Å². The maximum absolute atomic E-state index is 11.6. The molecule has 0 saturated carbocycles. The summed E-state index contributed by atoms with van der Waals surface area (Å²) in [7, 11) is -3.54. The van der Waals surface area contributed by atoms with E-state index in [-0.39, 0.29) is 6.03 Å². The molecule has 0 aliphatic rings. The number of carbonyl (C=O) groups is 1. The molecule has 0 aromatic carbocycles. The van der Waals surface area contributed by atoms with Crippen LogP contribution < -0.4 is 0 Å². The van der Waals surface area contributed by atoms with E-state index in [1.54, 1.807) is 24.8 Å². The molecule has 0 aliphatic heterocycles. The van der Waals surface area contributed by atoms with Gasteiger partial charge in [-0.2, -0.15) is 8.42 Å². The Balaban J connectivity index is 0.000000146. The number of imidazole rings is 4. The molecule has 4 rings (SSSR count). The van der Waals surface area contributed by atoms with Gasteiger partial charge < -0.3 is 0 Å². The standard InChI is InChI=1S/C7H6N4O.C6H6N4O2S/c12-7(10-3-1-8-5-10)11-4-2-9-6-11;11-13(12,9-3-1-7-5-9)10-4-2-8-6-10/h1-6H;1-6H. The third-order valence-electron chi connectivity index (χ3n) is 2.94. The molecule has 11 nitrogen and oxygen atoms in total. The summed E-state index contributed by atoms with van der Waals surface area (Å²) in [6.45, 7) is 0. The summed E-state index contributed by atoms with van der Waals surface area (Å²) in [5.41, 5.74) is 0. The van der Waals surface area contributed by atoms with Gasteiger partial charge in [0, 0.05) is 49.6 Å². The first-order chi connectivity index (χ1) is 12.1. The number of hydrogen-bond donors (Lipinski definition) is 0. The van der Waals surface area contributed by atoms with Crippen LogP contribution in [0.4, 0.5) is 4.79 Å². The van der Waals surface area contributed by atoms with Crippen molar-refractivity contribution in [3.8, 4) is 0 Å². The third-order valence-corrected chi connectivity index (χ3v) is 4.44. The minimum atomic E-state index is -3.54. The number of carbonyl (C=O) groups excluding carboxylic acids is 1. The fourth-order valence-corrected chi connectivity index (χ4v) is 2.73. The lowest BCUT2D eigenvalue weighted by molar-refractivity contribution is 0.244. The van der Waals surface area contributed by atoms with E-state index in [1.165, 1.54) is 59.2 Å². The summed E-state index contributed by atoms with van der Waals surface area (Å²) in [5.74, 6) is 0. The second-order valence-electron chi connectivity index (χ2n) is 4.52. The zero-order valence-electron chi connectivity index (χ0n) is 12.6. The Labute approximate surface area is 142 Å². The second kappa shape index (κ2) is 6.92.